The van der Waals surface area contributed by atoms with E-state index in [1.54, 1.807) is 0 Å². The Morgan fingerprint density at radius 1 is 1.25 bits per heavy atom. The SMILES string of the molecule is CN(C)CCNC(=O)C1(C(=O)NCC2CCCO2)CC1. The highest BCUT2D eigenvalue weighted by molar-refractivity contribution is 6.07. The second-order valence-electron chi connectivity index (χ2n) is 5.99. The van der Waals surface area contributed by atoms with Gasteiger partial charge in [0.15, 0.2) is 0 Å². The van der Waals surface area contributed by atoms with Crippen LogP contribution in [0.3, 0.4) is 0 Å². The molecule has 6 nitrogen and oxygen atoms in total. The Hall–Kier alpha value is -1.14. The highest BCUT2D eigenvalue weighted by atomic mass is 16.5. The fourth-order valence-corrected chi connectivity index (χ4v) is 2.43. The van der Waals surface area contributed by atoms with Gasteiger partial charge < -0.3 is 20.3 Å². The van der Waals surface area contributed by atoms with Gasteiger partial charge in [-0.15, -0.1) is 0 Å². The number of rotatable bonds is 7. The number of nitrogens with zero attached hydrogens (tertiary/aromatic N) is 1. The molecule has 1 aliphatic heterocycles. The van der Waals surface area contributed by atoms with Gasteiger partial charge in [-0.3, -0.25) is 9.59 Å². The first-order chi connectivity index (χ1) is 9.54. The van der Waals surface area contributed by atoms with Gasteiger partial charge in [0.05, 0.1) is 6.10 Å². The predicted octanol–water partition coefficient (Wildman–Crippen LogP) is -0.260. The molecule has 1 aliphatic carbocycles. The smallest absolute Gasteiger partial charge is 0.235 e. The normalized spacial score (nSPS) is 23.6. The molecule has 0 aromatic carbocycles. The molecule has 2 N–H and O–H groups in total. The molecule has 0 aromatic rings. The van der Waals surface area contributed by atoms with Crippen molar-refractivity contribution in [2.45, 2.75) is 31.8 Å². The number of ether oxygens (including phenoxy) is 1. The van der Waals surface area contributed by atoms with E-state index in [1.807, 2.05) is 19.0 Å². The van der Waals surface area contributed by atoms with E-state index in [9.17, 15) is 9.59 Å². The van der Waals surface area contributed by atoms with Crippen LogP contribution < -0.4 is 10.6 Å². The Morgan fingerprint density at radius 3 is 2.50 bits per heavy atom. The largest absolute Gasteiger partial charge is 0.376 e. The summed E-state index contributed by atoms with van der Waals surface area (Å²) < 4.78 is 5.47. The Bertz CT molecular complexity index is 361. The van der Waals surface area contributed by atoms with Gasteiger partial charge in [0.2, 0.25) is 11.8 Å². The Kier molecular flexibility index (Phi) is 4.99. The molecule has 0 bridgehead atoms. The van der Waals surface area contributed by atoms with E-state index in [0.29, 0.717) is 25.9 Å². The molecule has 114 valence electrons. The number of hydrogen-bond donors (Lipinski definition) is 2. The van der Waals surface area contributed by atoms with E-state index in [-0.39, 0.29) is 17.9 Å². The summed E-state index contributed by atoms with van der Waals surface area (Å²) >= 11 is 0. The molecule has 1 heterocycles. The lowest BCUT2D eigenvalue weighted by Gasteiger charge is -2.18. The van der Waals surface area contributed by atoms with Crippen LogP contribution in [0.5, 0.6) is 0 Å². The van der Waals surface area contributed by atoms with Crippen LogP contribution in [0.2, 0.25) is 0 Å². The molecular formula is C14H25N3O3. The van der Waals surface area contributed by atoms with Crippen LogP contribution in [0.15, 0.2) is 0 Å². The third-order valence-corrected chi connectivity index (χ3v) is 3.98. The maximum absolute atomic E-state index is 12.2. The number of carbonyl (C=O) groups excluding carboxylic acids is 2. The molecule has 1 unspecified atom stereocenters. The number of carbonyl (C=O) groups is 2. The first-order valence-corrected chi connectivity index (χ1v) is 7.37. The minimum atomic E-state index is -0.815. The minimum Gasteiger partial charge on any atom is -0.376 e. The van der Waals surface area contributed by atoms with Gasteiger partial charge in [-0.1, -0.05) is 0 Å². The topological polar surface area (TPSA) is 70.7 Å². The lowest BCUT2D eigenvalue weighted by Crippen LogP contribution is -2.46. The monoisotopic (exact) mass is 283 g/mol. The second-order valence-corrected chi connectivity index (χ2v) is 5.99. The molecule has 2 fully saturated rings. The fraction of sp³-hybridized carbons (Fsp3) is 0.857. The van der Waals surface area contributed by atoms with Crippen molar-refractivity contribution in [3.8, 4) is 0 Å². The molecule has 20 heavy (non-hydrogen) atoms. The second kappa shape index (κ2) is 6.54. The molecule has 2 amide bonds. The lowest BCUT2D eigenvalue weighted by molar-refractivity contribution is -0.137. The summed E-state index contributed by atoms with van der Waals surface area (Å²) in [6.45, 7) is 2.65. The van der Waals surface area contributed by atoms with Crippen molar-refractivity contribution in [3.63, 3.8) is 0 Å². The van der Waals surface area contributed by atoms with Crippen LogP contribution in [0.1, 0.15) is 25.7 Å². The van der Waals surface area contributed by atoms with Crippen LogP contribution in [0.4, 0.5) is 0 Å². The van der Waals surface area contributed by atoms with Crippen molar-refractivity contribution in [3.05, 3.63) is 0 Å². The number of nitrogens with one attached hydrogen (secondary N) is 2. The van der Waals surface area contributed by atoms with Gasteiger partial charge in [-0.05, 0) is 39.8 Å². The first kappa shape index (κ1) is 15.3. The zero-order valence-corrected chi connectivity index (χ0v) is 12.4. The summed E-state index contributed by atoms with van der Waals surface area (Å²) in [7, 11) is 3.90. The predicted molar refractivity (Wildman–Crippen MR) is 75.2 cm³/mol. The summed E-state index contributed by atoms with van der Waals surface area (Å²) in [5, 5.41) is 5.73. The van der Waals surface area contributed by atoms with Crippen molar-refractivity contribution < 1.29 is 14.3 Å². The van der Waals surface area contributed by atoms with Crippen LogP contribution in [-0.2, 0) is 14.3 Å². The van der Waals surface area contributed by atoms with E-state index in [2.05, 4.69) is 10.6 Å². The van der Waals surface area contributed by atoms with Crippen LogP contribution in [0.25, 0.3) is 0 Å². The van der Waals surface area contributed by atoms with Gasteiger partial charge in [0.25, 0.3) is 0 Å². The summed E-state index contributed by atoms with van der Waals surface area (Å²) in [5.41, 5.74) is -0.815. The van der Waals surface area contributed by atoms with Crippen molar-refractivity contribution in [1.29, 1.82) is 0 Å². The zero-order valence-electron chi connectivity index (χ0n) is 12.4. The summed E-state index contributed by atoms with van der Waals surface area (Å²) in [6.07, 6.45) is 3.46. The van der Waals surface area contributed by atoms with Gasteiger partial charge in [0, 0.05) is 26.2 Å². The van der Waals surface area contributed by atoms with Crippen LogP contribution in [-0.4, -0.2) is 63.2 Å². The fourth-order valence-electron chi connectivity index (χ4n) is 2.43. The number of amides is 2. The molecule has 0 aromatic heterocycles. The van der Waals surface area contributed by atoms with Crippen molar-refractivity contribution in [2.75, 3.05) is 40.3 Å². The molecule has 2 rings (SSSR count). The van der Waals surface area contributed by atoms with E-state index in [0.717, 1.165) is 26.0 Å². The minimum absolute atomic E-state index is 0.117. The van der Waals surface area contributed by atoms with Crippen LogP contribution in [0, 0.1) is 5.41 Å². The maximum atomic E-state index is 12.2. The molecule has 1 saturated heterocycles. The molecule has 0 spiro atoms. The maximum Gasteiger partial charge on any atom is 0.235 e. The van der Waals surface area contributed by atoms with Crippen molar-refractivity contribution in [1.82, 2.24) is 15.5 Å². The Morgan fingerprint density at radius 2 is 1.95 bits per heavy atom. The van der Waals surface area contributed by atoms with Crippen LogP contribution >= 0.6 is 0 Å². The first-order valence-electron chi connectivity index (χ1n) is 7.37. The molecule has 1 atom stereocenters. The van der Waals surface area contributed by atoms with E-state index in [4.69, 9.17) is 4.74 Å². The van der Waals surface area contributed by atoms with Gasteiger partial charge in [-0.2, -0.15) is 0 Å². The molecule has 0 radical (unpaired) electrons. The molecule has 2 aliphatic rings. The van der Waals surface area contributed by atoms with E-state index < -0.39 is 5.41 Å². The third-order valence-electron chi connectivity index (χ3n) is 3.98. The molecular weight excluding hydrogens is 258 g/mol. The van der Waals surface area contributed by atoms with Gasteiger partial charge in [-0.25, -0.2) is 0 Å². The lowest BCUT2D eigenvalue weighted by atomic mass is 10.1. The molecule has 1 saturated carbocycles. The standard InChI is InChI=1S/C14H25N3O3/c1-17(2)8-7-15-12(18)14(5-6-14)13(19)16-10-11-4-3-9-20-11/h11H,3-10H2,1-2H3,(H,15,18)(H,16,19). The average molecular weight is 283 g/mol. The van der Waals surface area contributed by atoms with Crippen molar-refractivity contribution >= 4 is 11.8 Å². The average Bonchev–Trinajstić information content (AvgIpc) is 3.06. The van der Waals surface area contributed by atoms with Crippen molar-refractivity contribution in [2.24, 2.45) is 5.41 Å². The van der Waals surface area contributed by atoms with E-state index in [1.165, 1.54) is 0 Å². The quantitative estimate of drug-likeness (QED) is 0.632. The number of likely N-dealkylation sites (N-methyl/N-ethyl adjacent to an activating group) is 1. The zero-order chi connectivity index (χ0) is 14.6. The summed E-state index contributed by atoms with van der Waals surface area (Å²) in [5.74, 6) is -0.278. The summed E-state index contributed by atoms with van der Waals surface area (Å²) in [4.78, 5) is 26.3. The van der Waals surface area contributed by atoms with Gasteiger partial charge in [0.1, 0.15) is 5.41 Å². The van der Waals surface area contributed by atoms with Gasteiger partial charge >= 0.3 is 0 Å². The van der Waals surface area contributed by atoms with E-state index >= 15 is 0 Å². The third kappa shape index (κ3) is 3.70. The summed E-state index contributed by atoms with van der Waals surface area (Å²) in [6, 6.07) is 0. The highest BCUT2D eigenvalue weighted by Gasteiger charge is 2.56. The molecule has 6 heteroatoms. The number of hydrogen-bond acceptors (Lipinski definition) is 4. The Labute approximate surface area is 120 Å². The highest BCUT2D eigenvalue weighted by Crippen LogP contribution is 2.46. The Balaban J connectivity index is 1.74.